The van der Waals surface area contributed by atoms with E-state index in [-0.39, 0.29) is 6.61 Å². The number of primary amides is 1. The van der Waals surface area contributed by atoms with E-state index in [1.54, 1.807) is 36.5 Å². The minimum absolute atomic E-state index is 0.0582. The number of piperazine rings is 1. The van der Waals surface area contributed by atoms with E-state index in [0.29, 0.717) is 41.0 Å². The lowest BCUT2D eigenvalue weighted by atomic mass is 10.2. The molecule has 1 aliphatic rings. The first-order valence-electron chi connectivity index (χ1n) is 13.1. The molecule has 41 heavy (non-hydrogen) atoms. The van der Waals surface area contributed by atoms with Crippen LogP contribution in [-0.2, 0) is 19.7 Å². The van der Waals surface area contributed by atoms with Crippen molar-refractivity contribution in [3.05, 3.63) is 101 Å². The van der Waals surface area contributed by atoms with Crippen LogP contribution in [0.25, 0.3) is 11.0 Å². The van der Waals surface area contributed by atoms with Crippen LogP contribution in [-0.4, -0.2) is 56.5 Å². The minimum Gasteiger partial charge on any atom is -0.473 e. The third-order valence-corrected chi connectivity index (χ3v) is 7.28. The van der Waals surface area contributed by atoms with Crippen LogP contribution in [0.15, 0.2) is 71.5 Å². The number of hydrogen-bond acceptors (Lipinski definition) is 8. The Morgan fingerprint density at radius 1 is 1.05 bits per heavy atom. The molecule has 0 radical (unpaired) electrons. The molecule has 5 aromatic rings. The fraction of sp³-hybridized carbons (Fsp3) is 0.241. The highest BCUT2D eigenvalue weighted by Gasteiger charge is 2.22. The van der Waals surface area contributed by atoms with Gasteiger partial charge in [-0.15, -0.1) is 0 Å². The second-order valence-electron chi connectivity index (χ2n) is 9.73. The Labute approximate surface area is 240 Å². The molecule has 0 saturated carbocycles. The normalized spacial score (nSPS) is 14.0. The predicted octanol–water partition coefficient (Wildman–Crippen LogP) is 4.26. The van der Waals surface area contributed by atoms with Gasteiger partial charge < -0.3 is 24.4 Å². The number of pyridine rings is 1. The van der Waals surface area contributed by atoms with Crippen LogP contribution in [0, 0.1) is 5.82 Å². The van der Waals surface area contributed by atoms with E-state index in [4.69, 9.17) is 31.5 Å². The van der Waals surface area contributed by atoms with Crippen molar-refractivity contribution < 1.29 is 18.3 Å². The molecule has 210 valence electrons. The van der Waals surface area contributed by atoms with Crippen LogP contribution < -0.4 is 15.4 Å². The van der Waals surface area contributed by atoms with Crippen molar-refractivity contribution in [1.29, 1.82) is 0 Å². The van der Waals surface area contributed by atoms with Gasteiger partial charge in [-0.3, -0.25) is 9.69 Å². The number of nitrogens with zero attached hydrogens (tertiary/aromatic N) is 6. The van der Waals surface area contributed by atoms with Crippen LogP contribution in [0.3, 0.4) is 0 Å². The average Bonchev–Trinajstić information content (AvgIpc) is 3.61. The number of ether oxygens (including phenoxy) is 1. The average molecular weight is 576 g/mol. The minimum atomic E-state index is -0.492. The molecule has 10 nitrogen and oxygen atoms in total. The summed E-state index contributed by atoms with van der Waals surface area (Å²) >= 11 is 5.84. The maximum Gasteiger partial charge on any atom is 0.248 e. The lowest BCUT2D eigenvalue weighted by Gasteiger charge is -2.35. The van der Waals surface area contributed by atoms with Crippen LogP contribution >= 0.6 is 11.6 Å². The Morgan fingerprint density at radius 2 is 1.90 bits per heavy atom. The number of carbonyl (C=O) groups excluding carboxylic acids is 1. The van der Waals surface area contributed by atoms with Gasteiger partial charge >= 0.3 is 0 Å². The van der Waals surface area contributed by atoms with Crippen molar-refractivity contribution in [1.82, 2.24) is 24.4 Å². The summed E-state index contributed by atoms with van der Waals surface area (Å²) in [5.74, 6) is 1.72. The molecule has 4 heterocycles. The standard InChI is InChI=1S/C29H27ClFN7O3/c30-21-6-4-20(22(31)15-21)18-41-27-3-1-2-25(35-27)37-11-9-36(10-12-37)16-26-34-23-7-5-19(29(32)39)14-24(23)38(26)17-28-33-8-13-40-28/h1-8,13-15H,9-12,16-18H2,(H2,32,39). The third kappa shape index (κ3) is 6.01. The number of anilines is 1. The number of rotatable bonds is 9. The molecule has 0 spiro atoms. The highest BCUT2D eigenvalue weighted by molar-refractivity contribution is 6.30. The SMILES string of the molecule is NC(=O)c1ccc2nc(CN3CCN(c4cccc(OCc5ccc(Cl)cc5F)n4)CC3)n(Cc3ncco3)c2c1. The summed E-state index contributed by atoms with van der Waals surface area (Å²) in [7, 11) is 0. The number of benzene rings is 2. The Bertz CT molecular complexity index is 1680. The van der Waals surface area contributed by atoms with Crippen LogP contribution in [0.5, 0.6) is 5.88 Å². The van der Waals surface area contributed by atoms with Gasteiger partial charge in [0, 0.05) is 48.4 Å². The molecule has 2 aromatic carbocycles. The highest BCUT2D eigenvalue weighted by Crippen LogP contribution is 2.23. The van der Waals surface area contributed by atoms with E-state index < -0.39 is 11.7 Å². The van der Waals surface area contributed by atoms with Crippen molar-refractivity contribution >= 4 is 34.4 Å². The zero-order valence-electron chi connectivity index (χ0n) is 22.0. The number of imidazole rings is 1. The van der Waals surface area contributed by atoms with Gasteiger partial charge in [0.1, 0.15) is 36.9 Å². The number of halogens is 2. The molecule has 1 aliphatic heterocycles. The van der Waals surface area contributed by atoms with Gasteiger partial charge in [0.15, 0.2) is 0 Å². The maximum atomic E-state index is 14.1. The lowest BCUT2D eigenvalue weighted by molar-refractivity contribution is 0.100. The summed E-state index contributed by atoms with van der Waals surface area (Å²) in [6.45, 7) is 4.15. The van der Waals surface area contributed by atoms with E-state index in [9.17, 15) is 9.18 Å². The first-order valence-corrected chi connectivity index (χ1v) is 13.5. The Morgan fingerprint density at radius 3 is 2.66 bits per heavy atom. The summed E-state index contributed by atoms with van der Waals surface area (Å²) < 4.78 is 27.4. The van der Waals surface area contributed by atoms with Gasteiger partial charge in [-0.1, -0.05) is 23.7 Å². The molecule has 0 aliphatic carbocycles. The molecule has 0 unspecified atom stereocenters. The van der Waals surface area contributed by atoms with Gasteiger partial charge in [0.25, 0.3) is 0 Å². The topological polar surface area (TPSA) is 116 Å². The molecule has 1 fully saturated rings. The molecule has 1 saturated heterocycles. The zero-order valence-corrected chi connectivity index (χ0v) is 22.8. The second-order valence-corrected chi connectivity index (χ2v) is 10.2. The molecular weight excluding hydrogens is 549 g/mol. The predicted molar refractivity (Wildman–Crippen MR) is 151 cm³/mol. The largest absolute Gasteiger partial charge is 0.473 e. The van der Waals surface area contributed by atoms with Gasteiger partial charge in [-0.05, 0) is 36.4 Å². The van der Waals surface area contributed by atoms with Gasteiger partial charge in [-0.25, -0.2) is 14.4 Å². The fourth-order valence-electron chi connectivity index (χ4n) is 4.88. The van der Waals surface area contributed by atoms with Crippen LogP contribution in [0.1, 0.15) is 27.6 Å². The summed E-state index contributed by atoms with van der Waals surface area (Å²) in [6.07, 6.45) is 3.14. The summed E-state index contributed by atoms with van der Waals surface area (Å²) in [5, 5.41) is 0.342. The number of fused-ring (bicyclic) bond motifs is 1. The Balaban J connectivity index is 1.13. The van der Waals surface area contributed by atoms with Gasteiger partial charge in [0.2, 0.25) is 17.7 Å². The number of carbonyl (C=O) groups is 1. The quantitative estimate of drug-likeness (QED) is 0.277. The Kier molecular flexibility index (Phi) is 7.53. The van der Waals surface area contributed by atoms with Crippen molar-refractivity contribution in [3.8, 4) is 5.88 Å². The molecule has 0 bridgehead atoms. The second kappa shape index (κ2) is 11.6. The lowest BCUT2D eigenvalue weighted by Crippen LogP contribution is -2.46. The number of nitrogens with two attached hydrogens (primary N) is 1. The number of amides is 1. The maximum absolute atomic E-state index is 14.1. The molecular formula is C29H27ClFN7O3. The van der Waals surface area contributed by atoms with Gasteiger partial charge in [0.05, 0.1) is 23.8 Å². The van der Waals surface area contributed by atoms with E-state index in [1.807, 2.05) is 22.8 Å². The smallest absolute Gasteiger partial charge is 0.248 e. The van der Waals surface area contributed by atoms with Crippen LogP contribution in [0.4, 0.5) is 10.2 Å². The molecule has 3 aromatic heterocycles. The summed E-state index contributed by atoms with van der Waals surface area (Å²) in [5.41, 5.74) is 7.93. The fourth-order valence-corrected chi connectivity index (χ4v) is 5.03. The van der Waals surface area contributed by atoms with Crippen molar-refractivity contribution in [2.45, 2.75) is 19.7 Å². The monoisotopic (exact) mass is 575 g/mol. The van der Waals surface area contributed by atoms with Gasteiger partial charge in [-0.2, -0.15) is 4.98 Å². The molecule has 0 atom stereocenters. The molecule has 2 N–H and O–H groups in total. The molecule has 12 heteroatoms. The summed E-state index contributed by atoms with van der Waals surface area (Å²) in [6, 6.07) is 15.4. The van der Waals surface area contributed by atoms with Crippen molar-refractivity contribution in [3.63, 3.8) is 0 Å². The van der Waals surface area contributed by atoms with E-state index >= 15 is 0 Å². The number of hydrogen-bond donors (Lipinski definition) is 1. The first kappa shape index (κ1) is 26.7. The van der Waals surface area contributed by atoms with Crippen LogP contribution in [0.2, 0.25) is 5.02 Å². The zero-order chi connectivity index (χ0) is 28.3. The first-order chi connectivity index (χ1) is 19.9. The number of oxazole rings is 1. The van der Waals surface area contributed by atoms with E-state index in [1.165, 1.54) is 12.3 Å². The van der Waals surface area contributed by atoms with Crippen molar-refractivity contribution in [2.24, 2.45) is 5.73 Å². The Hall–Kier alpha value is -4.48. The summed E-state index contributed by atoms with van der Waals surface area (Å²) in [4.78, 5) is 30.1. The van der Waals surface area contributed by atoms with E-state index in [0.717, 1.165) is 48.9 Å². The number of aromatic nitrogens is 4. The third-order valence-electron chi connectivity index (χ3n) is 7.05. The van der Waals surface area contributed by atoms with Crippen molar-refractivity contribution in [2.75, 3.05) is 31.1 Å². The molecule has 1 amide bonds. The highest BCUT2D eigenvalue weighted by atomic mass is 35.5. The van der Waals surface area contributed by atoms with E-state index in [2.05, 4.69) is 19.8 Å². The molecule has 6 rings (SSSR count).